The van der Waals surface area contributed by atoms with Gasteiger partial charge in [0.05, 0.1) is 6.54 Å². The smallest absolute Gasteiger partial charge is 0.302 e. The third-order valence-corrected chi connectivity index (χ3v) is 4.03. The van der Waals surface area contributed by atoms with E-state index in [0.717, 1.165) is 5.56 Å². The summed E-state index contributed by atoms with van der Waals surface area (Å²) in [5.41, 5.74) is 5.26. The Morgan fingerprint density at radius 1 is 1.19 bits per heavy atom. The van der Waals surface area contributed by atoms with Crippen molar-refractivity contribution in [3.63, 3.8) is 0 Å². The number of hydrogen-bond acceptors (Lipinski definition) is 5. The maximum Gasteiger partial charge on any atom is 0.332 e. The SMILES string of the molecule is CCCn1c(=O)cc(NNC(=S)NC(C)=O)n(Cc2ccc(Cl)cc2)c1=O. The van der Waals surface area contributed by atoms with Crippen LogP contribution in [0.15, 0.2) is 39.9 Å². The molecule has 0 aliphatic rings. The number of benzene rings is 1. The van der Waals surface area contributed by atoms with Crippen molar-refractivity contribution in [3.8, 4) is 0 Å². The number of thiocarbonyl (C=S) groups is 1. The highest BCUT2D eigenvalue weighted by Gasteiger charge is 2.12. The second-order valence-electron chi connectivity index (χ2n) is 5.77. The summed E-state index contributed by atoms with van der Waals surface area (Å²) < 4.78 is 2.58. The Balaban J connectivity index is 2.39. The first-order valence-corrected chi connectivity index (χ1v) is 9.03. The number of hydrogen-bond donors (Lipinski definition) is 3. The molecule has 1 aromatic carbocycles. The van der Waals surface area contributed by atoms with Gasteiger partial charge in [-0.05, 0) is 36.3 Å². The quantitative estimate of drug-likeness (QED) is 0.493. The number of halogens is 1. The molecule has 0 aliphatic carbocycles. The van der Waals surface area contributed by atoms with Gasteiger partial charge in [0.25, 0.3) is 5.56 Å². The summed E-state index contributed by atoms with van der Waals surface area (Å²) in [7, 11) is 0. The van der Waals surface area contributed by atoms with Crippen molar-refractivity contribution in [2.24, 2.45) is 0 Å². The molecule has 144 valence electrons. The minimum atomic E-state index is -0.450. The Labute approximate surface area is 166 Å². The first-order valence-electron chi connectivity index (χ1n) is 8.24. The van der Waals surface area contributed by atoms with Crippen molar-refractivity contribution >= 4 is 40.7 Å². The molecule has 8 nitrogen and oxygen atoms in total. The summed E-state index contributed by atoms with van der Waals surface area (Å²) in [5, 5.41) is 2.99. The highest BCUT2D eigenvalue weighted by atomic mass is 35.5. The lowest BCUT2D eigenvalue weighted by Crippen LogP contribution is -2.45. The first kappa shape index (κ1) is 20.7. The Morgan fingerprint density at radius 3 is 2.44 bits per heavy atom. The molecular formula is C17H20ClN5O3S. The summed E-state index contributed by atoms with van der Waals surface area (Å²) in [5.74, 6) is -0.119. The number of nitrogens with one attached hydrogen (secondary N) is 3. The molecule has 1 amide bonds. The molecule has 1 heterocycles. The maximum atomic E-state index is 12.8. The van der Waals surface area contributed by atoms with Crippen molar-refractivity contribution < 1.29 is 4.79 Å². The van der Waals surface area contributed by atoms with Crippen molar-refractivity contribution in [3.05, 3.63) is 61.8 Å². The number of amides is 1. The van der Waals surface area contributed by atoms with E-state index in [2.05, 4.69) is 16.2 Å². The summed E-state index contributed by atoms with van der Waals surface area (Å²) in [6.45, 7) is 3.73. The van der Waals surface area contributed by atoms with E-state index in [1.807, 2.05) is 6.92 Å². The number of aromatic nitrogens is 2. The number of anilines is 1. The zero-order valence-electron chi connectivity index (χ0n) is 14.9. The molecule has 2 aromatic rings. The topological polar surface area (TPSA) is 97.2 Å². The van der Waals surface area contributed by atoms with E-state index < -0.39 is 11.2 Å². The Bertz CT molecular complexity index is 953. The average molecular weight is 410 g/mol. The van der Waals surface area contributed by atoms with Crippen LogP contribution in [0.3, 0.4) is 0 Å². The summed E-state index contributed by atoms with van der Waals surface area (Å²) in [6.07, 6.45) is 0.647. The van der Waals surface area contributed by atoms with E-state index in [1.54, 1.807) is 24.3 Å². The number of carbonyl (C=O) groups is 1. The van der Waals surface area contributed by atoms with Gasteiger partial charge < -0.3 is 5.32 Å². The number of carbonyl (C=O) groups excluding carboxylic acids is 1. The van der Waals surface area contributed by atoms with Gasteiger partial charge in [-0.2, -0.15) is 0 Å². The number of hydrazine groups is 1. The lowest BCUT2D eigenvalue weighted by atomic mass is 10.2. The van der Waals surface area contributed by atoms with Crippen LogP contribution >= 0.6 is 23.8 Å². The second-order valence-corrected chi connectivity index (χ2v) is 6.62. The van der Waals surface area contributed by atoms with Gasteiger partial charge in [0.15, 0.2) is 5.11 Å². The van der Waals surface area contributed by atoms with Crippen LogP contribution in [-0.4, -0.2) is 20.2 Å². The first-order chi connectivity index (χ1) is 12.8. The molecule has 2 rings (SSSR count). The summed E-state index contributed by atoms with van der Waals surface area (Å²) in [6, 6.07) is 8.34. The summed E-state index contributed by atoms with van der Waals surface area (Å²) >= 11 is 10.9. The van der Waals surface area contributed by atoms with Crippen molar-refractivity contribution in [2.45, 2.75) is 33.4 Å². The van der Waals surface area contributed by atoms with Crippen LogP contribution in [0.1, 0.15) is 25.8 Å². The molecule has 1 aromatic heterocycles. The Hall–Kier alpha value is -2.65. The van der Waals surface area contributed by atoms with Crippen LogP contribution in [0.2, 0.25) is 5.02 Å². The van der Waals surface area contributed by atoms with Crippen molar-refractivity contribution in [1.29, 1.82) is 0 Å². The normalized spacial score (nSPS) is 10.3. The van der Waals surface area contributed by atoms with Crippen LogP contribution in [0.25, 0.3) is 0 Å². The molecule has 3 N–H and O–H groups in total. The van der Waals surface area contributed by atoms with Crippen LogP contribution < -0.4 is 27.4 Å². The zero-order chi connectivity index (χ0) is 20.0. The van der Waals surface area contributed by atoms with Crippen molar-refractivity contribution in [1.82, 2.24) is 19.9 Å². The van der Waals surface area contributed by atoms with Crippen molar-refractivity contribution in [2.75, 3.05) is 5.43 Å². The maximum absolute atomic E-state index is 12.8. The predicted molar refractivity (Wildman–Crippen MR) is 109 cm³/mol. The van der Waals surface area contributed by atoms with E-state index in [9.17, 15) is 14.4 Å². The lowest BCUT2D eigenvalue weighted by Gasteiger charge is -2.18. The molecule has 10 heteroatoms. The Kier molecular flexibility index (Phi) is 7.14. The molecule has 0 radical (unpaired) electrons. The van der Waals surface area contributed by atoms with Gasteiger partial charge in [-0.1, -0.05) is 30.7 Å². The van der Waals surface area contributed by atoms with E-state index in [-0.39, 0.29) is 23.4 Å². The van der Waals surface area contributed by atoms with Gasteiger partial charge in [-0.3, -0.25) is 29.6 Å². The lowest BCUT2D eigenvalue weighted by molar-refractivity contribution is -0.117. The molecule has 27 heavy (non-hydrogen) atoms. The molecule has 0 aliphatic heterocycles. The average Bonchev–Trinajstić information content (AvgIpc) is 2.60. The Morgan fingerprint density at radius 2 is 1.85 bits per heavy atom. The molecule has 0 atom stereocenters. The van der Waals surface area contributed by atoms with Gasteiger partial charge in [0.2, 0.25) is 5.91 Å². The fourth-order valence-corrected chi connectivity index (χ4v) is 2.71. The monoisotopic (exact) mass is 409 g/mol. The highest BCUT2D eigenvalue weighted by molar-refractivity contribution is 7.80. The van der Waals surface area contributed by atoms with Crippen LogP contribution in [0.4, 0.5) is 5.82 Å². The number of rotatable bonds is 6. The van der Waals surface area contributed by atoms with Gasteiger partial charge in [-0.25, -0.2) is 4.79 Å². The fourth-order valence-electron chi connectivity index (χ4n) is 2.39. The number of nitrogens with zero attached hydrogens (tertiary/aromatic N) is 2. The molecule has 0 bridgehead atoms. The largest absolute Gasteiger partial charge is 0.332 e. The van der Waals surface area contributed by atoms with Gasteiger partial charge in [0.1, 0.15) is 5.82 Å². The molecule has 0 fully saturated rings. The standard InChI is InChI=1S/C17H20ClN5O3S/c1-3-8-22-15(25)9-14(20-21-16(27)19-11(2)24)23(17(22)26)10-12-4-6-13(18)7-5-12/h4-7,9,20H,3,8,10H2,1-2H3,(H2,19,21,24,27). The van der Waals surface area contributed by atoms with E-state index >= 15 is 0 Å². The van der Waals surface area contributed by atoms with E-state index in [4.69, 9.17) is 23.8 Å². The van der Waals surface area contributed by atoms with E-state index in [1.165, 1.54) is 22.1 Å². The highest BCUT2D eigenvalue weighted by Crippen LogP contribution is 2.12. The minimum absolute atomic E-state index is 0.0192. The third-order valence-electron chi connectivity index (χ3n) is 3.57. The van der Waals surface area contributed by atoms with Crippen LogP contribution in [0, 0.1) is 0 Å². The third kappa shape index (κ3) is 5.66. The molecule has 0 spiro atoms. The molecular weight excluding hydrogens is 390 g/mol. The second kappa shape index (κ2) is 9.33. The predicted octanol–water partition coefficient (Wildman–Crippen LogP) is 1.46. The minimum Gasteiger partial charge on any atom is -0.302 e. The summed E-state index contributed by atoms with van der Waals surface area (Å²) in [4.78, 5) is 36.1. The van der Waals surface area contributed by atoms with Crippen LogP contribution in [0.5, 0.6) is 0 Å². The molecule has 0 saturated carbocycles. The fraction of sp³-hybridized carbons (Fsp3) is 0.294. The van der Waals surface area contributed by atoms with Crippen LogP contribution in [-0.2, 0) is 17.9 Å². The molecule has 0 saturated heterocycles. The van der Waals surface area contributed by atoms with Gasteiger partial charge in [-0.15, -0.1) is 0 Å². The zero-order valence-corrected chi connectivity index (χ0v) is 16.5. The van der Waals surface area contributed by atoms with E-state index in [0.29, 0.717) is 18.0 Å². The van der Waals surface area contributed by atoms with Gasteiger partial charge in [0, 0.05) is 24.6 Å². The molecule has 0 unspecified atom stereocenters. The van der Waals surface area contributed by atoms with Gasteiger partial charge >= 0.3 is 5.69 Å².